The third kappa shape index (κ3) is 3.08. The summed E-state index contributed by atoms with van der Waals surface area (Å²) in [5.41, 5.74) is 1.24. The van der Waals surface area contributed by atoms with Crippen molar-refractivity contribution in [2.24, 2.45) is 0 Å². The number of tetrazole rings is 1. The van der Waals surface area contributed by atoms with Gasteiger partial charge in [-0.15, -0.1) is 10.2 Å². The molecule has 2 aromatic carbocycles. The Morgan fingerprint density at radius 3 is 2.50 bits per heavy atom. The lowest BCUT2D eigenvalue weighted by molar-refractivity contribution is 0.0655. The third-order valence-corrected chi connectivity index (χ3v) is 4.91. The highest BCUT2D eigenvalue weighted by Gasteiger charge is 2.34. The van der Waals surface area contributed by atoms with Crippen LogP contribution in [0.2, 0.25) is 0 Å². The number of imide groups is 1. The minimum absolute atomic E-state index is 0.0976. The molecular weight excluding hydrogens is 390 g/mol. The third-order valence-electron chi connectivity index (χ3n) is 4.91. The zero-order chi connectivity index (χ0) is 20.7. The van der Waals surface area contributed by atoms with Crippen molar-refractivity contribution < 1.29 is 23.9 Å². The van der Waals surface area contributed by atoms with E-state index in [9.17, 15) is 14.4 Å². The largest absolute Gasteiger partial charge is 0.454 e. The van der Waals surface area contributed by atoms with Gasteiger partial charge in [0, 0.05) is 18.5 Å². The van der Waals surface area contributed by atoms with Gasteiger partial charge >= 0.3 is 0 Å². The van der Waals surface area contributed by atoms with Crippen LogP contribution in [0.5, 0.6) is 11.5 Å². The molecule has 0 bridgehead atoms. The molecule has 0 atom stereocenters. The van der Waals surface area contributed by atoms with E-state index in [-0.39, 0.29) is 43.9 Å². The Balaban J connectivity index is 1.22. The topological polar surface area (TPSA) is 117 Å². The summed E-state index contributed by atoms with van der Waals surface area (Å²) in [7, 11) is 0. The second kappa shape index (κ2) is 7.07. The highest BCUT2D eigenvalue weighted by atomic mass is 16.7. The predicted octanol–water partition coefficient (Wildman–Crippen LogP) is 1.12. The maximum atomic E-state index is 12.5. The number of benzene rings is 2. The van der Waals surface area contributed by atoms with Crippen LogP contribution in [0.4, 0.5) is 0 Å². The molecule has 5 rings (SSSR count). The van der Waals surface area contributed by atoms with Crippen LogP contribution in [0.15, 0.2) is 42.5 Å². The van der Waals surface area contributed by atoms with Gasteiger partial charge in [-0.1, -0.05) is 12.1 Å². The van der Waals surface area contributed by atoms with Crippen LogP contribution < -0.4 is 9.47 Å². The van der Waals surface area contributed by atoms with E-state index in [1.165, 1.54) is 9.70 Å². The fraction of sp³-hybridized carbons (Fsp3) is 0.200. The standard InChI is InChI=1S/C20H15N5O5/c26-15(12-5-6-16-17(9-12)30-11-29-16)10-25-22-18(21-23-25)7-8-24-19(27)13-3-1-2-4-14(13)20(24)28/h1-6,9H,7-8,10-11H2. The van der Waals surface area contributed by atoms with E-state index < -0.39 is 0 Å². The smallest absolute Gasteiger partial charge is 0.261 e. The van der Waals surface area contributed by atoms with Crippen molar-refractivity contribution in [3.05, 3.63) is 65.0 Å². The van der Waals surface area contributed by atoms with Crippen molar-refractivity contribution in [2.45, 2.75) is 13.0 Å². The van der Waals surface area contributed by atoms with Crippen LogP contribution in [0.25, 0.3) is 0 Å². The Morgan fingerprint density at radius 1 is 1.00 bits per heavy atom. The van der Waals surface area contributed by atoms with Gasteiger partial charge in [0.05, 0.1) is 11.1 Å². The summed E-state index contributed by atoms with van der Waals surface area (Å²) in [5.74, 6) is 0.583. The highest BCUT2D eigenvalue weighted by molar-refractivity contribution is 6.21. The van der Waals surface area contributed by atoms with Gasteiger partial charge in [0.1, 0.15) is 6.54 Å². The van der Waals surface area contributed by atoms with Crippen molar-refractivity contribution >= 4 is 17.6 Å². The van der Waals surface area contributed by atoms with Crippen LogP contribution >= 0.6 is 0 Å². The molecule has 0 aliphatic carbocycles. The average Bonchev–Trinajstić information content (AvgIpc) is 3.46. The minimum atomic E-state index is -0.332. The van der Waals surface area contributed by atoms with E-state index in [0.29, 0.717) is 34.0 Å². The summed E-state index contributed by atoms with van der Waals surface area (Å²) in [6, 6.07) is 11.6. The number of rotatable bonds is 6. The maximum absolute atomic E-state index is 12.5. The van der Waals surface area contributed by atoms with Crippen LogP contribution in [0.3, 0.4) is 0 Å². The molecule has 2 amide bonds. The summed E-state index contributed by atoms with van der Waals surface area (Å²) in [6.45, 7) is 0.169. The molecule has 0 saturated carbocycles. The maximum Gasteiger partial charge on any atom is 0.261 e. The van der Waals surface area contributed by atoms with Gasteiger partial charge in [0.2, 0.25) is 6.79 Å². The lowest BCUT2D eigenvalue weighted by Gasteiger charge is -2.11. The molecule has 0 radical (unpaired) electrons. The monoisotopic (exact) mass is 405 g/mol. The van der Waals surface area contributed by atoms with Gasteiger partial charge in [-0.05, 0) is 35.5 Å². The van der Waals surface area contributed by atoms with Crippen molar-refractivity contribution in [1.82, 2.24) is 25.1 Å². The number of aromatic nitrogens is 4. The number of Topliss-reactive ketones (excluding diaryl/α,β-unsaturated/α-hetero) is 1. The number of ketones is 1. The molecule has 0 saturated heterocycles. The highest BCUT2D eigenvalue weighted by Crippen LogP contribution is 2.32. The van der Waals surface area contributed by atoms with Crippen molar-refractivity contribution in [1.29, 1.82) is 0 Å². The SMILES string of the molecule is O=C(Cn1nnc(CCN2C(=O)c3ccccc3C2=O)n1)c1ccc2c(c1)OCO2. The molecule has 3 heterocycles. The first-order valence-corrected chi connectivity index (χ1v) is 9.25. The number of amides is 2. The lowest BCUT2D eigenvalue weighted by atomic mass is 10.1. The zero-order valence-corrected chi connectivity index (χ0v) is 15.6. The van der Waals surface area contributed by atoms with E-state index in [0.717, 1.165) is 0 Å². The Hall–Kier alpha value is -4.08. The van der Waals surface area contributed by atoms with Crippen LogP contribution in [-0.2, 0) is 13.0 Å². The summed E-state index contributed by atoms with van der Waals surface area (Å²) >= 11 is 0. The first-order valence-electron chi connectivity index (χ1n) is 9.25. The van der Waals surface area contributed by atoms with E-state index >= 15 is 0 Å². The van der Waals surface area contributed by atoms with Crippen LogP contribution in [-0.4, -0.2) is 56.0 Å². The summed E-state index contributed by atoms with van der Waals surface area (Å²) in [4.78, 5) is 39.6. The van der Waals surface area contributed by atoms with Crippen molar-refractivity contribution in [3.8, 4) is 11.5 Å². The van der Waals surface area contributed by atoms with Crippen molar-refractivity contribution in [2.75, 3.05) is 13.3 Å². The predicted molar refractivity (Wildman–Crippen MR) is 100 cm³/mol. The number of hydrogen-bond donors (Lipinski definition) is 0. The quantitative estimate of drug-likeness (QED) is 0.442. The summed E-state index contributed by atoms with van der Waals surface area (Å²) < 4.78 is 10.5. The molecule has 10 nitrogen and oxygen atoms in total. The van der Waals surface area contributed by atoms with E-state index in [1.807, 2.05) is 0 Å². The second-order valence-electron chi connectivity index (χ2n) is 6.78. The fourth-order valence-electron chi connectivity index (χ4n) is 3.39. The number of ether oxygens (including phenoxy) is 2. The molecule has 0 unspecified atom stereocenters. The van der Waals surface area contributed by atoms with Crippen molar-refractivity contribution in [3.63, 3.8) is 0 Å². The summed E-state index contributed by atoms with van der Waals surface area (Å²) in [5, 5.41) is 12.0. The zero-order valence-electron chi connectivity index (χ0n) is 15.6. The number of nitrogens with zero attached hydrogens (tertiary/aromatic N) is 5. The number of hydrogen-bond acceptors (Lipinski definition) is 8. The average molecular weight is 405 g/mol. The molecule has 3 aromatic rings. The first kappa shape index (κ1) is 18.0. The van der Waals surface area contributed by atoms with Crippen LogP contribution in [0, 0.1) is 0 Å². The molecular formula is C20H15N5O5. The van der Waals surface area contributed by atoms with Gasteiger partial charge in [-0.25, -0.2) is 0 Å². The Kier molecular flexibility index (Phi) is 4.24. The number of fused-ring (bicyclic) bond motifs is 2. The van der Waals surface area contributed by atoms with E-state index in [1.54, 1.807) is 42.5 Å². The molecule has 150 valence electrons. The Morgan fingerprint density at radius 2 is 1.73 bits per heavy atom. The van der Waals surface area contributed by atoms with E-state index in [4.69, 9.17) is 9.47 Å². The van der Waals surface area contributed by atoms with Gasteiger partial charge in [0.15, 0.2) is 23.1 Å². The molecule has 1 aromatic heterocycles. The fourth-order valence-corrected chi connectivity index (χ4v) is 3.39. The molecule has 0 spiro atoms. The molecule has 0 N–H and O–H groups in total. The van der Waals surface area contributed by atoms with Gasteiger partial charge in [-0.2, -0.15) is 4.80 Å². The second-order valence-corrected chi connectivity index (χ2v) is 6.78. The normalized spacial score (nSPS) is 14.3. The Bertz CT molecular complexity index is 1150. The number of carbonyl (C=O) groups excluding carboxylic acids is 3. The molecule has 10 heteroatoms. The van der Waals surface area contributed by atoms with Gasteiger partial charge < -0.3 is 9.47 Å². The molecule has 30 heavy (non-hydrogen) atoms. The molecule has 2 aliphatic rings. The van der Waals surface area contributed by atoms with Gasteiger partial charge in [0.25, 0.3) is 11.8 Å². The summed E-state index contributed by atoms with van der Waals surface area (Å²) in [6.07, 6.45) is 0.240. The van der Waals surface area contributed by atoms with Gasteiger partial charge in [-0.3, -0.25) is 19.3 Å². The molecule has 0 fully saturated rings. The Labute approximate surface area is 170 Å². The minimum Gasteiger partial charge on any atom is -0.454 e. The van der Waals surface area contributed by atoms with E-state index in [2.05, 4.69) is 15.4 Å². The lowest BCUT2D eigenvalue weighted by Crippen LogP contribution is -2.32. The molecule has 2 aliphatic heterocycles. The first-order chi connectivity index (χ1) is 14.6. The van der Waals surface area contributed by atoms with Crippen LogP contribution in [0.1, 0.15) is 36.9 Å². The number of carbonyl (C=O) groups is 3.